The van der Waals surface area contributed by atoms with Crippen LogP contribution in [0.25, 0.3) is 0 Å². The summed E-state index contributed by atoms with van der Waals surface area (Å²) >= 11 is 8.85. The molecule has 0 unspecified atom stereocenters. The van der Waals surface area contributed by atoms with Gasteiger partial charge in [-0.1, -0.05) is 27.5 Å². The first-order chi connectivity index (χ1) is 9.01. The fourth-order valence-corrected chi connectivity index (χ4v) is 2.02. The maximum Gasteiger partial charge on any atom is 0.201 e. The van der Waals surface area contributed by atoms with Gasteiger partial charge < -0.3 is 4.74 Å². The highest BCUT2D eigenvalue weighted by atomic mass is 79.9. The fraction of sp³-hybridized carbons (Fsp3) is 0. The van der Waals surface area contributed by atoms with Crippen LogP contribution in [0.1, 0.15) is 10.4 Å². The van der Waals surface area contributed by atoms with Crippen LogP contribution in [0.2, 0.25) is 5.02 Å². The first kappa shape index (κ1) is 14.0. The highest BCUT2D eigenvalue weighted by molar-refractivity contribution is 9.10. The van der Waals surface area contributed by atoms with Crippen LogP contribution in [0.15, 0.2) is 34.8 Å². The van der Waals surface area contributed by atoms with Crippen molar-refractivity contribution in [3.05, 3.63) is 57.0 Å². The van der Waals surface area contributed by atoms with E-state index in [0.717, 1.165) is 6.07 Å². The molecule has 0 spiro atoms. The molecule has 0 heterocycles. The Labute approximate surface area is 121 Å². The van der Waals surface area contributed by atoms with Crippen LogP contribution in [-0.4, -0.2) is 6.29 Å². The van der Waals surface area contributed by atoms with E-state index in [0.29, 0.717) is 10.8 Å². The molecule has 19 heavy (non-hydrogen) atoms. The van der Waals surface area contributed by atoms with Crippen molar-refractivity contribution in [3.8, 4) is 11.5 Å². The molecular formula is C13H6BrClF2O2. The van der Waals surface area contributed by atoms with Gasteiger partial charge in [0, 0.05) is 16.1 Å². The van der Waals surface area contributed by atoms with Crippen molar-refractivity contribution >= 4 is 33.8 Å². The van der Waals surface area contributed by atoms with Crippen LogP contribution in [-0.2, 0) is 0 Å². The van der Waals surface area contributed by atoms with E-state index in [1.54, 1.807) is 0 Å². The third-order valence-corrected chi connectivity index (χ3v) is 3.07. The summed E-state index contributed by atoms with van der Waals surface area (Å²) in [5, 5.41) is 0.170. The van der Waals surface area contributed by atoms with E-state index < -0.39 is 11.6 Å². The summed E-state index contributed by atoms with van der Waals surface area (Å²) in [6.45, 7) is 0. The quantitative estimate of drug-likeness (QED) is 0.578. The number of ether oxygens (including phenoxy) is 1. The van der Waals surface area contributed by atoms with Gasteiger partial charge >= 0.3 is 0 Å². The number of benzene rings is 2. The molecule has 0 amide bonds. The highest BCUT2D eigenvalue weighted by Crippen LogP contribution is 2.31. The molecule has 0 saturated carbocycles. The number of aldehydes is 1. The largest absolute Gasteiger partial charge is 0.454 e. The van der Waals surface area contributed by atoms with Crippen molar-refractivity contribution in [2.45, 2.75) is 0 Å². The average Bonchev–Trinajstić information content (AvgIpc) is 2.35. The van der Waals surface area contributed by atoms with E-state index in [1.165, 1.54) is 24.3 Å². The van der Waals surface area contributed by atoms with Gasteiger partial charge in [0.25, 0.3) is 0 Å². The topological polar surface area (TPSA) is 26.3 Å². The van der Waals surface area contributed by atoms with E-state index in [4.69, 9.17) is 16.3 Å². The Morgan fingerprint density at radius 1 is 1.21 bits per heavy atom. The lowest BCUT2D eigenvalue weighted by Crippen LogP contribution is -1.93. The molecule has 0 atom stereocenters. The van der Waals surface area contributed by atoms with Gasteiger partial charge in [0.05, 0.1) is 5.02 Å². The van der Waals surface area contributed by atoms with Crippen LogP contribution in [0.4, 0.5) is 8.78 Å². The molecule has 2 aromatic rings. The van der Waals surface area contributed by atoms with Crippen LogP contribution >= 0.6 is 27.5 Å². The summed E-state index contributed by atoms with van der Waals surface area (Å²) in [6.07, 6.45) is 0.589. The third kappa shape index (κ3) is 3.11. The standard InChI is InChI=1S/C13H6BrClF2O2/c14-8-3-11(16)13(17)12(4-8)19-9-2-1-7(6-18)10(15)5-9/h1-6H. The molecule has 0 fully saturated rings. The van der Waals surface area contributed by atoms with Gasteiger partial charge in [-0.2, -0.15) is 4.39 Å². The maximum absolute atomic E-state index is 13.5. The fourth-order valence-electron chi connectivity index (χ4n) is 1.40. The first-order valence-corrected chi connectivity index (χ1v) is 6.25. The average molecular weight is 348 g/mol. The summed E-state index contributed by atoms with van der Waals surface area (Å²) in [5.74, 6) is -2.20. The Kier molecular flexibility index (Phi) is 4.17. The predicted octanol–water partition coefficient (Wildman–Crippen LogP) is 4.99. The second kappa shape index (κ2) is 5.67. The number of carbonyl (C=O) groups is 1. The monoisotopic (exact) mass is 346 g/mol. The minimum atomic E-state index is -1.10. The minimum Gasteiger partial charge on any atom is -0.454 e. The molecule has 0 radical (unpaired) electrons. The minimum absolute atomic E-state index is 0.170. The smallest absolute Gasteiger partial charge is 0.201 e. The van der Waals surface area contributed by atoms with Gasteiger partial charge in [0.1, 0.15) is 5.75 Å². The van der Waals surface area contributed by atoms with Crippen LogP contribution in [0.3, 0.4) is 0 Å². The SMILES string of the molecule is O=Cc1ccc(Oc2cc(Br)cc(F)c2F)cc1Cl. The number of carbonyl (C=O) groups excluding carboxylic acids is 1. The molecule has 6 heteroatoms. The molecular weight excluding hydrogens is 341 g/mol. The number of halogens is 4. The van der Waals surface area contributed by atoms with Crippen molar-refractivity contribution in [2.24, 2.45) is 0 Å². The zero-order chi connectivity index (χ0) is 14.0. The lowest BCUT2D eigenvalue weighted by Gasteiger charge is -2.08. The Hall–Kier alpha value is -1.46. The Bertz CT molecular complexity index is 647. The van der Waals surface area contributed by atoms with Crippen molar-refractivity contribution in [1.82, 2.24) is 0 Å². The van der Waals surface area contributed by atoms with E-state index in [-0.39, 0.29) is 22.1 Å². The number of rotatable bonds is 3. The third-order valence-electron chi connectivity index (χ3n) is 2.29. The van der Waals surface area contributed by atoms with Gasteiger partial charge in [-0.3, -0.25) is 4.79 Å². The Morgan fingerprint density at radius 2 is 1.95 bits per heavy atom. The molecule has 2 aromatic carbocycles. The van der Waals surface area contributed by atoms with Crippen molar-refractivity contribution in [3.63, 3.8) is 0 Å². The second-order valence-electron chi connectivity index (χ2n) is 3.60. The summed E-state index contributed by atoms with van der Waals surface area (Å²) in [4.78, 5) is 10.6. The molecule has 2 nitrogen and oxygen atoms in total. The lowest BCUT2D eigenvalue weighted by atomic mass is 10.2. The normalized spacial score (nSPS) is 10.3. The van der Waals surface area contributed by atoms with Gasteiger partial charge in [-0.05, 0) is 24.3 Å². The van der Waals surface area contributed by atoms with Crippen LogP contribution in [0, 0.1) is 11.6 Å². The van der Waals surface area contributed by atoms with Gasteiger partial charge in [-0.15, -0.1) is 0 Å². The Morgan fingerprint density at radius 3 is 2.58 bits per heavy atom. The first-order valence-electron chi connectivity index (χ1n) is 5.08. The predicted molar refractivity (Wildman–Crippen MR) is 71.0 cm³/mol. The molecule has 2 rings (SSSR count). The van der Waals surface area contributed by atoms with Crippen molar-refractivity contribution in [1.29, 1.82) is 0 Å². The molecule has 0 aromatic heterocycles. The van der Waals surface area contributed by atoms with E-state index in [1.807, 2.05) is 0 Å². The molecule has 98 valence electrons. The lowest BCUT2D eigenvalue weighted by molar-refractivity contribution is 0.112. The highest BCUT2D eigenvalue weighted by Gasteiger charge is 2.12. The molecule has 0 N–H and O–H groups in total. The van der Waals surface area contributed by atoms with E-state index in [2.05, 4.69) is 15.9 Å². The molecule has 0 aliphatic heterocycles. The summed E-state index contributed by atoms with van der Waals surface area (Å²) < 4.78 is 32.2. The van der Waals surface area contributed by atoms with Gasteiger partial charge in [0.15, 0.2) is 17.9 Å². The van der Waals surface area contributed by atoms with Gasteiger partial charge in [-0.25, -0.2) is 4.39 Å². The second-order valence-corrected chi connectivity index (χ2v) is 4.93. The zero-order valence-electron chi connectivity index (χ0n) is 9.29. The number of hydrogen-bond acceptors (Lipinski definition) is 2. The zero-order valence-corrected chi connectivity index (χ0v) is 11.6. The Balaban J connectivity index is 2.36. The summed E-state index contributed by atoms with van der Waals surface area (Å²) in [5.41, 5.74) is 0.287. The molecule has 0 aliphatic rings. The van der Waals surface area contributed by atoms with Crippen LogP contribution < -0.4 is 4.74 Å². The maximum atomic E-state index is 13.5. The number of hydrogen-bond donors (Lipinski definition) is 0. The molecule has 0 bridgehead atoms. The van der Waals surface area contributed by atoms with Gasteiger partial charge in [0.2, 0.25) is 5.82 Å². The summed E-state index contributed by atoms with van der Waals surface area (Å²) in [6, 6.07) is 6.50. The van der Waals surface area contributed by atoms with Crippen molar-refractivity contribution < 1.29 is 18.3 Å². The molecule has 0 saturated heterocycles. The van der Waals surface area contributed by atoms with E-state index in [9.17, 15) is 13.6 Å². The van der Waals surface area contributed by atoms with E-state index >= 15 is 0 Å². The van der Waals surface area contributed by atoms with Crippen molar-refractivity contribution in [2.75, 3.05) is 0 Å². The summed E-state index contributed by atoms with van der Waals surface area (Å²) in [7, 11) is 0. The van der Waals surface area contributed by atoms with Crippen LogP contribution in [0.5, 0.6) is 11.5 Å². The molecule has 0 aliphatic carbocycles.